The molecular formula is C14H20N2O2S2. The van der Waals surface area contributed by atoms with E-state index < -0.39 is 0 Å². The zero-order chi connectivity index (χ0) is 13.9. The van der Waals surface area contributed by atoms with Gasteiger partial charge in [0.15, 0.2) is 0 Å². The highest BCUT2D eigenvalue weighted by atomic mass is 32.2. The summed E-state index contributed by atoms with van der Waals surface area (Å²) in [6.45, 7) is 4.54. The molecule has 0 bridgehead atoms. The van der Waals surface area contributed by atoms with Crippen molar-refractivity contribution in [2.45, 2.75) is 37.5 Å². The van der Waals surface area contributed by atoms with E-state index in [0.717, 1.165) is 54.7 Å². The summed E-state index contributed by atoms with van der Waals surface area (Å²) >= 11 is 3.50. The summed E-state index contributed by atoms with van der Waals surface area (Å²) in [6, 6.07) is 0.340. The molecular weight excluding hydrogens is 292 g/mol. The van der Waals surface area contributed by atoms with Crippen LogP contribution in [0.4, 0.5) is 0 Å². The molecule has 4 nitrogen and oxygen atoms in total. The number of carbonyl (C=O) groups is 1. The Morgan fingerprint density at radius 3 is 3.35 bits per heavy atom. The van der Waals surface area contributed by atoms with Crippen LogP contribution in [0.15, 0.2) is 6.20 Å². The predicted octanol–water partition coefficient (Wildman–Crippen LogP) is 2.44. The lowest BCUT2D eigenvalue weighted by Crippen LogP contribution is -2.54. The molecule has 0 radical (unpaired) electrons. The Kier molecular flexibility index (Phi) is 4.63. The highest BCUT2D eigenvalue weighted by Gasteiger charge is 2.37. The van der Waals surface area contributed by atoms with Gasteiger partial charge in [-0.2, -0.15) is 11.8 Å². The van der Waals surface area contributed by atoms with Crippen LogP contribution < -0.4 is 0 Å². The summed E-state index contributed by atoms with van der Waals surface area (Å²) < 4.78 is 5.54. The van der Waals surface area contributed by atoms with Crippen LogP contribution in [0.5, 0.6) is 0 Å². The quantitative estimate of drug-likeness (QED) is 0.860. The molecule has 1 aromatic rings. The van der Waals surface area contributed by atoms with Crippen molar-refractivity contribution < 1.29 is 9.53 Å². The van der Waals surface area contributed by atoms with Crippen LogP contribution in [0, 0.1) is 0 Å². The molecule has 3 heterocycles. The van der Waals surface area contributed by atoms with Gasteiger partial charge in [-0.05, 0) is 19.3 Å². The van der Waals surface area contributed by atoms with Gasteiger partial charge in [0.2, 0.25) is 0 Å². The lowest BCUT2D eigenvalue weighted by molar-refractivity contribution is 0.0322. The van der Waals surface area contributed by atoms with Gasteiger partial charge in [0, 0.05) is 30.2 Å². The maximum absolute atomic E-state index is 12.7. The Labute approximate surface area is 127 Å². The minimum absolute atomic E-state index is 0.169. The number of ether oxygens (including phenoxy) is 1. The van der Waals surface area contributed by atoms with Crippen molar-refractivity contribution >= 4 is 29.0 Å². The van der Waals surface area contributed by atoms with E-state index in [9.17, 15) is 4.79 Å². The average molecular weight is 312 g/mol. The fraction of sp³-hybridized carbons (Fsp3) is 0.714. The van der Waals surface area contributed by atoms with E-state index in [1.807, 2.05) is 11.8 Å². The van der Waals surface area contributed by atoms with Gasteiger partial charge >= 0.3 is 0 Å². The predicted molar refractivity (Wildman–Crippen MR) is 82.6 cm³/mol. The van der Waals surface area contributed by atoms with Crippen LogP contribution in [0.1, 0.15) is 34.4 Å². The first-order chi connectivity index (χ1) is 9.79. The van der Waals surface area contributed by atoms with E-state index in [0.29, 0.717) is 11.3 Å². The Morgan fingerprint density at radius 2 is 2.50 bits per heavy atom. The van der Waals surface area contributed by atoms with Gasteiger partial charge in [-0.15, -0.1) is 11.3 Å². The van der Waals surface area contributed by atoms with Crippen molar-refractivity contribution in [3.05, 3.63) is 16.1 Å². The molecule has 0 spiro atoms. The second-order valence-electron chi connectivity index (χ2n) is 5.21. The Bertz CT molecular complexity index is 475. The van der Waals surface area contributed by atoms with Crippen LogP contribution in [0.2, 0.25) is 0 Å². The van der Waals surface area contributed by atoms with Crippen molar-refractivity contribution in [2.24, 2.45) is 0 Å². The number of aryl methyl sites for hydroxylation is 1. The van der Waals surface area contributed by atoms with Gasteiger partial charge in [-0.25, -0.2) is 4.98 Å². The molecule has 1 amide bonds. The molecule has 6 heteroatoms. The van der Waals surface area contributed by atoms with Gasteiger partial charge in [0.05, 0.1) is 17.8 Å². The third kappa shape index (κ3) is 2.87. The molecule has 20 heavy (non-hydrogen) atoms. The number of amides is 1. The van der Waals surface area contributed by atoms with E-state index in [4.69, 9.17) is 4.74 Å². The van der Waals surface area contributed by atoms with Crippen LogP contribution >= 0.6 is 23.1 Å². The molecule has 2 aliphatic heterocycles. The zero-order valence-electron chi connectivity index (χ0n) is 11.7. The summed E-state index contributed by atoms with van der Waals surface area (Å²) in [6.07, 6.45) is 4.76. The highest BCUT2D eigenvalue weighted by Crippen LogP contribution is 2.31. The van der Waals surface area contributed by atoms with Gasteiger partial charge < -0.3 is 9.64 Å². The molecule has 0 N–H and O–H groups in total. The van der Waals surface area contributed by atoms with Crippen LogP contribution in [-0.2, 0) is 11.2 Å². The van der Waals surface area contributed by atoms with Gasteiger partial charge in [0.1, 0.15) is 4.88 Å². The SMILES string of the molecule is CCCc1ncc(C(=O)N2CCS[C@H]3COCC[C@H]32)s1. The molecule has 2 atom stereocenters. The van der Waals surface area contributed by atoms with E-state index in [-0.39, 0.29) is 5.91 Å². The first-order valence-electron chi connectivity index (χ1n) is 7.24. The molecule has 0 unspecified atom stereocenters. The van der Waals surface area contributed by atoms with Crippen molar-refractivity contribution in [3.63, 3.8) is 0 Å². The standard InChI is InChI=1S/C14H20N2O2S2/c1-2-3-13-15-8-11(20-13)14(17)16-5-7-19-12-9-18-6-4-10(12)16/h8,10,12H,2-7,9H2,1H3/t10-,12+/m1/s1. The maximum atomic E-state index is 12.7. The molecule has 1 aromatic heterocycles. The summed E-state index contributed by atoms with van der Waals surface area (Å²) in [5.41, 5.74) is 0. The van der Waals surface area contributed by atoms with E-state index >= 15 is 0 Å². The largest absolute Gasteiger partial charge is 0.380 e. The van der Waals surface area contributed by atoms with Crippen LogP contribution in [0.25, 0.3) is 0 Å². The minimum atomic E-state index is 0.169. The van der Waals surface area contributed by atoms with Crippen molar-refractivity contribution in [1.82, 2.24) is 9.88 Å². The smallest absolute Gasteiger partial charge is 0.265 e. The molecule has 2 aliphatic rings. The number of fused-ring (bicyclic) bond motifs is 1. The van der Waals surface area contributed by atoms with Crippen molar-refractivity contribution in [2.75, 3.05) is 25.5 Å². The number of rotatable bonds is 3. The molecule has 2 fully saturated rings. The topological polar surface area (TPSA) is 42.4 Å². The Balaban J connectivity index is 1.74. The molecule has 0 aliphatic carbocycles. The second kappa shape index (κ2) is 6.45. The number of hydrogen-bond acceptors (Lipinski definition) is 5. The van der Waals surface area contributed by atoms with Gasteiger partial charge in [-0.1, -0.05) is 6.92 Å². The number of thiazole rings is 1. The van der Waals surface area contributed by atoms with Crippen molar-refractivity contribution in [3.8, 4) is 0 Å². The monoisotopic (exact) mass is 312 g/mol. The van der Waals surface area contributed by atoms with Crippen LogP contribution in [0.3, 0.4) is 0 Å². The maximum Gasteiger partial charge on any atom is 0.265 e. The summed E-state index contributed by atoms with van der Waals surface area (Å²) in [7, 11) is 0. The Hall–Kier alpha value is -0.590. The first kappa shape index (κ1) is 14.4. The fourth-order valence-corrected chi connectivity index (χ4v) is 5.09. The van der Waals surface area contributed by atoms with Crippen LogP contribution in [-0.4, -0.2) is 52.6 Å². The number of nitrogens with zero attached hydrogens (tertiary/aromatic N) is 2. The fourth-order valence-electron chi connectivity index (χ4n) is 2.82. The average Bonchev–Trinajstić information content (AvgIpc) is 2.95. The Morgan fingerprint density at radius 1 is 1.60 bits per heavy atom. The van der Waals surface area contributed by atoms with E-state index in [1.165, 1.54) is 0 Å². The van der Waals surface area contributed by atoms with Gasteiger partial charge in [-0.3, -0.25) is 4.79 Å². The summed E-state index contributed by atoms with van der Waals surface area (Å²) in [4.78, 5) is 19.9. The highest BCUT2D eigenvalue weighted by molar-refractivity contribution is 8.00. The normalized spacial score (nSPS) is 26.4. The number of aromatic nitrogens is 1. The van der Waals surface area contributed by atoms with Crippen molar-refractivity contribution in [1.29, 1.82) is 0 Å². The third-order valence-electron chi connectivity index (χ3n) is 3.82. The zero-order valence-corrected chi connectivity index (χ0v) is 13.3. The number of hydrogen-bond donors (Lipinski definition) is 0. The van der Waals surface area contributed by atoms with E-state index in [2.05, 4.69) is 16.8 Å². The third-order valence-corrected chi connectivity index (χ3v) is 6.16. The minimum Gasteiger partial charge on any atom is -0.380 e. The van der Waals surface area contributed by atoms with Gasteiger partial charge in [0.25, 0.3) is 5.91 Å². The second-order valence-corrected chi connectivity index (χ2v) is 7.67. The first-order valence-corrected chi connectivity index (χ1v) is 9.11. The van der Waals surface area contributed by atoms with E-state index in [1.54, 1.807) is 17.5 Å². The number of carbonyl (C=O) groups excluding carboxylic acids is 1. The molecule has 3 rings (SSSR count). The lowest BCUT2D eigenvalue weighted by atomic mass is 10.1. The number of thioether (sulfide) groups is 1. The summed E-state index contributed by atoms with van der Waals surface area (Å²) in [5, 5.41) is 1.52. The molecule has 110 valence electrons. The summed E-state index contributed by atoms with van der Waals surface area (Å²) in [5.74, 6) is 1.18. The molecule has 0 saturated carbocycles. The molecule has 0 aromatic carbocycles. The molecule has 2 saturated heterocycles. The lowest BCUT2D eigenvalue weighted by Gasteiger charge is -2.43.